The molecule has 1 amide bonds. The number of aliphatic carboxylic acids is 1. The van der Waals surface area contributed by atoms with Crippen molar-refractivity contribution in [2.75, 3.05) is 6.26 Å². The van der Waals surface area contributed by atoms with Gasteiger partial charge in [-0.15, -0.1) is 11.3 Å². The number of amides is 1. The van der Waals surface area contributed by atoms with Crippen LogP contribution in [0.5, 0.6) is 5.75 Å². The molecule has 0 unspecified atom stereocenters. The van der Waals surface area contributed by atoms with Crippen LogP contribution in [0.2, 0.25) is 0 Å². The van der Waals surface area contributed by atoms with Crippen molar-refractivity contribution in [1.82, 2.24) is 4.90 Å². The average Bonchev–Trinajstić information content (AvgIpc) is 3.01. The predicted molar refractivity (Wildman–Crippen MR) is 86.1 cm³/mol. The third-order valence-electron chi connectivity index (χ3n) is 3.60. The smallest absolute Gasteiger partial charge is 0.357 e. The monoisotopic (exact) mass is 391 g/mol. The molecule has 1 aromatic heterocycles. The third kappa shape index (κ3) is 2.61. The Morgan fingerprint density at radius 2 is 2.12 bits per heavy atom. The Kier molecular flexibility index (Phi) is 4.14. The SMILES string of the molecule is C[C@@H](O)[C@H]1C(=O)N2C(C(=O)O)=C(Oc3ccsc3S(C)(=O)=O)S[C@H]12. The number of thioether (sulfide) groups is 1. The van der Waals surface area contributed by atoms with Gasteiger partial charge in [-0.25, -0.2) is 13.2 Å². The number of carboxylic acids is 1. The summed E-state index contributed by atoms with van der Waals surface area (Å²) in [6, 6.07) is 1.43. The second kappa shape index (κ2) is 5.76. The number of rotatable bonds is 5. The van der Waals surface area contributed by atoms with E-state index in [0.717, 1.165) is 34.3 Å². The molecule has 0 spiro atoms. The number of aliphatic hydroxyl groups is 1. The Morgan fingerprint density at radius 1 is 1.46 bits per heavy atom. The van der Waals surface area contributed by atoms with Crippen molar-refractivity contribution in [3.05, 3.63) is 22.2 Å². The van der Waals surface area contributed by atoms with Crippen molar-refractivity contribution in [3.63, 3.8) is 0 Å². The Labute approximate surface area is 145 Å². The van der Waals surface area contributed by atoms with Gasteiger partial charge in [0.25, 0.3) is 0 Å². The number of fused-ring (bicyclic) bond motifs is 1. The molecule has 3 rings (SSSR count). The Balaban J connectivity index is 1.96. The van der Waals surface area contributed by atoms with Gasteiger partial charge < -0.3 is 14.9 Å². The molecule has 130 valence electrons. The lowest BCUT2D eigenvalue weighted by Crippen LogP contribution is -2.60. The van der Waals surface area contributed by atoms with Crippen LogP contribution < -0.4 is 4.74 Å². The quantitative estimate of drug-likeness (QED) is 0.704. The van der Waals surface area contributed by atoms with Crippen molar-refractivity contribution in [2.45, 2.75) is 22.6 Å². The molecule has 0 radical (unpaired) electrons. The third-order valence-corrected chi connectivity index (χ3v) is 7.60. The van der Waals surface area contributed by atoms with Gasteiger partial charge in [0, 0.05) is 6.26 Å². The summed E-state index contributed by atoms with van der Waals surface area (Å²) in [5, 5.41) is 19.9. The van der Waals surface area contributed by atoms with Gasteiger partial charge >= 0.3 is 5.97 Å². The molecule has 3 atom stereocenters. The van der Waals surface area contributed by atoms with E-state index >= 15 is 0 Å². The zero-order valence-corrected chi connectivity index (χ0v) is 14.9. The molecular weight excluding hydrogens is 378 g/mol. The standard InChI is InChI=1S/C13H13NO7S3/c1-5(15)7-9(16)14-8(11(17)18)12(23-10(7)14)21-6-3-4-22-13(6)24(2,19)20/h3-5,7,10,15H,1-2H3,(H,17,18)/t5-,7+,10-/m1/s1. The fourth-order valence-corrected chi connectivity index (χ4v) is 5.89. The van der Waals surface area contributed by atoms with E-state index in [1.54, 1.807) is 0 Å². The highest BCUT2D eigenvalue weighted by atomic mass is 32.2. The maximum Gasteiger partial charge on any atom is 0.357 e. The molecule has 2 aliphatic heterocycles. The molecule has 11 heteroatoms. The number of hydrogen-bond donors (Lipinski definition) is 2. The van der Waals surface area contributed by atoms with E-state index in [4.69, 9.17) is 4.74 Å². The molecule has 1 saturated heterocycles. The molecule has 0 bridgehead atoms. The summed E-state index contributed by atoms with van der Waals surface area (Å²) in [4.78, 5) is 24.7. The summed E-state index contributed by atoms with van der Waals surface area (Å²) >= 11 is 1.95. The van der Waals surface area contributed by atoms with Gasteiger partial charge in [0.05, 0.1) is 12.0 Å². The number of thiophene rings is 1. The molecule has 0 saturated carbocycles. The predicted octanol–water partition coefficient (Wildman–Crippen LogP) is 0.696. The van der Waals surface area contributed by atoms with Crippen molar-refractivity contribution in [2.24, 2.45) is 5.92 Å². The maximum absolute atomic E-state index is 12.1. The molecule has 8 nitrogen and oxygen atoms in total. The van der Waals surface area contributed by atoms with E-state index in [2.05, 4.69) is 0 Å². The van der Waals surface area contributed by atoms with Crippen LogP contribution in [-0.2, 0) is 19.4 Å². The number of ether oxygens (including phenoxy) is 1. The summed E-state index contributed by atoms with van der Waals surface area (Å²) in [6.45, 7) is 1.46. The number of carboxylic acid groups (broad SMARTS) is 1. The fourth-order valence-electron chi connectivity index (χ4n) is 2.55. The van der Waals surface area contributed by atoms with Crippen molar-refractivity contribution >= 4 is 44.8 Å². The van der Waals surface area contributed by atoms with E-state index in [0.29, 0.717) is 0 Å². The second-order valence-corrected chi connectivity index (χ2v) is 9.59. The largest absolute Gasteiger partial charge is 0.476 e. The number of sulfone groups is 1. The van der Waals surface area contributed by atoms with E-state index in [-0.39, 0.29) is 20.7 Å². The highest BCUT2D eigenvalue weighted by Gasteiger charge is 2.58. The minimum absolute atomic E-state index is 0.0204. The zero-order valence-electron chi connectivity index (χ0n) is 12.5. The molecule has 1 aromatic rings. The second-order valence-electron chi connectivity index (χ2n) is 5.37. The Bertz CT molecular complexity index is 855. The fraction of sp³-hybridized carbons (Fsp3) is 0.385. The first-order valence-electron chi connectivity index (χ1n) is 6.73. The number of aliphatic hydroxyl groups excluding tert-OH is 1. The molecule has 24 heavy (non-hydrogen) atoms. The van der Waals surface area contributed by atoms with Gasteiger partial charge in [0.15, 0.2) is 30.6 Å². The van der Waals surface area contributed by atoms with Gasteiger partial charge in [0.2, 0.25) is 5.91 Å². The summed E-state index contributed by atoms with van der Waals surface area (Å²) < 4.78 is 29.0. The topological polar surface area (TPSA) is 121 Å². The minimum atomic E-state index is -3.52. The first-order chi connectivity index (χ1) is 11.1. The van der Waals surface area contributed by atoms with Gasteiger partial charge in [-0.1, -0.05) is 11.8 Å². The van der Waals surface area contributed by atoms with Gasteiger partial charge in [-0.3, -0.25) is 9.69 Å². The minimum Gasteiger partial charge on any atom is -0.476 e. The van der Waals surface area contributed by atoms with E-state index in [1.807, 2.05) is 0 Å². The van der Waals surface area contributed by atoms with Gasteiger partial charge in [0.1, 0.15) is 5.37 Å². The molecule has 1 fully saturated rings. The van der Waals surface area contributed by atoms with E-state index in [1.165, 1.54) is 18.4 Å². The first kappa shape index (κ1) is 17.3. The summed E-state index contributed by atoms with van der Waals surface area (Å²) in [5.74, 6) is -2.55. The number of β-lactam (4-membered cyclic amide) rings is 1. The maximum atomic E-state index is 12.1. The van der Waals surface area contributed by atoms with E-state index in [9.17, 15) is 28.2 Å². The van der Waals surface area contributed by atoms with Crippen molar-refractivity contribution in [3.8, 4) is 5.75 Å². The Morgan fingerprint density at radius 3 is 2.67 bits per heavy atom. The summed E-state index contributed by atoms with van der Waals surface area (Å²) in [6.07, 6.45) is 0.105. The van der Waals surface area contributed by atoms with Crippen LogP contribution in [0, 0.1) is 5.92 Å². The normalized spacial score (nSPS) is 24.6. The highest BCUT2D eigenvalue weighted by Crippen LogP contribution is 2.51. The van der Waals surface area contributed by atoms with Crippen LogP contribution in [0.4, 0.5) is 0 Å². The van der Waals surface area contributed by atoms with Gasteiger partial charge in [-0.2, -0.15) is 0 Å². The Hall–Kier alpha value is -1.56. The molecule has 3 heterocycles. The van der Waals surface area contributed by atoms with Crippen molar-refractivity contribution < 1.29 is 33.0 Å². The van der Waals surface area contributed by atoms with Crippen LogP contribution in [0.1, 0.15) is 6.92 Å². The molecule has 0 aliphatic carbocycles. The highest BCUT2D eigenvalue weighted by molar-refractivity contribution is 8.03. The van der Waals surface area contributed by atoms with Crippen LogP contribution in [0.3, 0.4) is 0 Å². The van der Waals surface area contributed by atoms with Crippen LogP contribution >= 0.6 is 23.1 Å². The molecule has 0 aromatic carbocycles. The van der Waals surface area contributed by atoms with Crippen LogP contribution in [0.15, 0.2) is 26.4 Å². The summed E-state index contributed by atoms with van der Waals surface area (Å²) in [7, 11) is -3.52. The molecule has 2 N–H and O–H groups in total. The van der Waals surface area contributed by atoms with Gasteiger partial charge in [-0.05, 0) is 18.4 Å². The number of carbonyl (C=O) groups is 2. The lowest BCUT2D eigenvalue weighted by molar-refractivity contribution is -0.156. The lowest BCUT2D eigenvalue weighted by Gasteiger charge is -2.43. The van der Waals surface area contributed by atoms with Crippen LogP contribution in [-0.4, -0.2) is 53.1 Å². The summed E-state index contributed by atoms with van der Waals surface area (Å²) in [5.41, 5.74) is -0.336. The molecular formula is C13H13NO7S3. The average molecular weight is 391 g/mol. The first-order valence-corrected chi connectivity index (χ1v) is 10.4. The van der Waals surface area contributed by atoms with Crippen LogP contribution in [0.25, 0.3) is 0 Å². The number of hydrogen-bond acceptors (Lipinski definition) is 8. The molecule has 2 aliphatic rings. The zero-order chi connectivity index (χ0) is 17.8. The lowest BCUT2D eigenvalue weighted by atomic mass is 9.92. The number of nitrogens with zero attached hydrogens (tertiary/aromatic N) is 1. The van der Waals surface area contributed by atoms with Crippen molar-refractivity contribution in [1.29, 1.82) is 0 Å². The van der Waals surface area contributed by atoms with E-state index < -0.39 is 39.1 Å². The number of carbonyl (C=O) groups excluding carboxylic acids is 1.